The van der Waals surface area contributed by atoms with E-state index in [9.17, 15) is 0 Å². The lowest BCUT2D eigenvalue weighted by atomic mass is 9.70. The largest absolute Gasteiger partial charge is 0.367 e. The van der Waals surface area contributed by atoms with Gasteiger partial charge in [0.15, 0.2) is 0 Å². The predicted molar refractivity (Wildman–Crippen MR) is 77.4 cm³/mol. The number of rotatable bonds is 3. The fraction of sp³-hybridized carbons (Fsp3) is 0.733. The summed E-state index contributed by atoms with van der Waals surface area (Å²) in [5, 5.41) is 7.34. The van der Waals surface area contributed by atoms with Gasteiger partial charge in [-0.2, -0.15) is 0 Å². The minimum atomic E-state index is 0.436. The van der Waals surface area contributed by atoms with Crippen LogP contribution in [0.25, 0.3) is 0 Å². The Labute approximate surface area is 115 Å². The molecule has 2 heterocycles. The van der Waals surface area contributed by atoms with Crippen LogP contribution in [0.3, 0.4) is 0 Å². The number of anilines is 1. The first-order chi connectivity index (χ1) is 9.19. The molecule has 1 saturated heterocycles. The minimum absolute atomic E-state index is 0.436. The molecule has 4 heteroatoms. The molecule has 104 valence electrons. The number of hydrogen-bond donors (Lipinski definition) is 2. The molecule has 1 atom stereocenters. The summed E-state index contributed by atoms with van der Waals surface area (Å²) in [6.07, 6.45) is 7.45. The van der Waals surface area contributed by atoms with Crippen LogP contribution < -0.4 is 10.6 Å². The molecule has 3 rings (SSSR count). The second-order valence-corrected chi connectivity index (χ2v) is 6.04. The van der Waals surface area contributed by atoms with Crippen molar-refractivity contribution in [2.75, 3.05) is 11.9 Å². The van der Waals surface area contributed by atoms with Crippen molar-refractivity contribution >= 4 is 5.82 Å². The Morgan fingerprint density at radius 1 is 1.42 bits per heavy atom. The van der Waals surface area contributed by atoms with Gasteiger partial charge in [-0.15, -0.1) is 0 Å². The van der Waals surface area contributed by atoms with E-state index in [1.807, 2.05) is 6.92 Å². The third-order valence-corrected chi connectivity index (χ3v) is 4.55. The normalized spacial score (nSPS) is 25.1. The average Bonchev–Trinajstić information content (AvgIpc) is 2.36. The monoisotopic (exact) mass is 260 g/mol. The SMILES string of the molecule is CCc1cc(NC2CCNC3(CCC3)C2)nc(C)n1. The maximum atomic E-state index is 4.52. The lowest BCUT2D eigenvalue weighted by Gasteiger charge is -2.48. The van der Waals surface area contributed by atoms with Crippen LogP contribution >= 0.6 is 0 Å². The van der Waals surface area contributed by atoms with Gasteiger partial charge in [0, 0.05) is 23.3 Å². The van der Waals surface area contributed by atoms with Crippen molar-refractivity contribution in [1.29, 1.82) is 0 Å². The van der Waals surface area contributed by atoms with Crippen LogP contribution in [0, 0.1) is 6.92 Å². The zero-order valence-electron chi connectivity index (χ0n) is 12.0. The van der Waals surface area contributed by atoms with Crippen molar-refractivity contribution in [3.63, 3.8) is 0 Å². The van der Waals surface area contributed by atoms with Gasteiger partial charge in [0.25, 0.3) is 0 Å². The second-order valence-electron chi connectivity index (χ2n) is 6.04. The molecule has 1 aliphatic heterocycles. The van der Waals surface area contributed by atoms with Crippen LogP contribution in [-0.2, 0) is 6.42 Å². The predicted octanol–water partition coefficient (Wildman–Crippen LogP) is 2.43. The van der Waals surface area contributed by atoms with E-state index in [0.717, 1.165) is 30.3 Å². The van der Waals surface area contributed by atoms with Crippen LogP contribution in [0.2, 0.25) is 0 Å². The van der Waals surface area contributed by atoms with Gasteiger partial charge in [0.05, 0.1) is 0 Å². The van der Waals surface area contributed by atoms with Gasteiger partial charge in [0.1, 0.15) is 11.6 Å². The minimum Gasteiger partial charge on any atom is -0.367 e. The van der Waals surface area contributed by atoms with Crippen LogP contribution in [-0.4, -0.2) is 28.1 Å². The summed E-state index contributed by atoms with van der Waals surface area (Å²) in [6.45, 7) is 5.24. The van der Waals surface area contributed by atoms with E-state index < -0.39 is 0 Å². The Bertz CT molecular complexity index is 453. The van der Waals surface area contributed by atoms with Crippen molar-refractivity contribution in [3.8, 4) is 0 Å². The van der Waals surface area contributed by atoms with Crippen molar-refractivity contribution in [2.45, 2.75) is 64.0 Å². The molecule has 1 aromatic heterocycles. The Hall–Kier alpha value is -1.16. The summed E-state index contributed by atoms with van der Waals surface area (Å²) in [6, 6.07) is 2.66. The standard InChI is InChI=1S/C15H24N4/c1-3-12-9-14(18-11(2)17-12)19-13-5-8-16-15(10-13)6-4-7-15/h9,13,16H,3-8,10H2,1-2H3,(H,17,18,19). The fourth-order valence-corrected chi connectivity index (χ4v) is 3.36. The summed E-state index contributed by atoms with van der Waals surface area (Å²) in [5.41, 5.74) is 1.56. The van der Waals surface area contributed by atoms with E-state index >= 15 is 0 Å². The van der Waals surface area contributed by atoms with E-state index in [0.29, 0.717) is 11.6 Å². The van der Waals surface area contributed by atoms with E-state index in [2.05, 4.69) is 33.6 Å². The molecule has 0 bridgehead atoms. The molecular formula is C15H24N4. The number of aryl methyl sites for hydroxylation is 2. The molecule has 4 nitrogen and oxygen atoms in total. The first kappa shape index (κ1) is 12.9. The van der Waals surface area contributed by atoms with Crippen LogP contribution in [0.5, 0.6) is 0 Å². The molecule has 1 unspecified atom stereocenters. The lowest BCUT2D eigenvalue weighted by Crippen LogP contribution is -2.58. The van der Waals surface area contributed by atoms with Crippen molar-refractivity contribution in [1.82, 2.24) is 15.3 Å². The molecule has 1 aliphatic carbocycles. The Kier molecular flexibility index (Phi) is 3.44. The third-order valence-electron chi connectivity index (χ3n) is 4.55. The van der Waals surface area contributed by atoms with Gasteiger partial charge < -0.3 is 10.6 Å². The number of nitrogens with one attached hydrogen (secondary N) is 2. The summed E-state index contributed by atoms with van der Waals surface area (Å²) in [5.74, 6) is 1.87. The maximum Gasteiger partial charge on any atom is 0.130 e. The number of nitrogens with zero attached hydrogens (tertiary/aromatic N) is 2. The number of piperidine rings is 1. The smallest absolute Gasteiger partial charge is 0.130 e. The van der Waals surface area contributed by atoms with Gasteiger partial charge >= 0.3 is 0 Å². The van der Waals surface area contributed by atoms with E-state index in [1.54, 1.807) is 0 Å². The topological polar surface area (TPSA) is 49.8 Å². The third kappa shape index (κ3) is 2.73. The molecule has 0 amide bonds. The molecular weight excluding hydrogens is 236 g/mol. The maximum absolute atomic E-state index is 4.52. The highest BCUT2D eigenvalue weighted by Crippen LogP contribution is 2.38. The molecule has 2 fully saturated rings. The van der Waals surface area contributed by atoms with Crippen molar-refractivity contribution < 1.29 is 0 Å². The molecule has 19 heavy (non-hydrogen) atoms. The summed E-state index contributed by atoms with van der Waals surface area (Å²) in [4.78, 5) is 8.96. The molecule has 2 aliphatic rings. The van der Waals surface area contributed by atoms with E-state index in [1.165, 1.54) is 32.1 Å². The Balaban J connectivity index is 1.68. The molecule has 2 N–H and O–H groups in total. The summed E-state index contributed by atoms with van der Waals surface area (Å²) >= 11 is 0. The highest BCUT2D eigenvalue weighted by Gasteiger charge is 2.40. The van der Waals surface area contributed by atoms with Crippen LogP contribution in [0.15, 0.2) is 6.07 Å². The molecule has 0 aromatic carbocycles. The highest BCUT2D eigenvalue weighted by atomic mass is 15.1. The zero-order chi connectivity index (χ0) is 13.3. The number of hydrogen-bond acceptors (Lipinski definition) is 4. The van der Waals surface area contributed by atoms with Gasteiger partial charge in [-0.1, -0.05) is 6.92 Å². The molecule has 1 saturated carbocycles. The first-order valence-corrected chi connectivity index (χ1v) is 7.55. The second kappa shape index (κ2) is 5.08. The number of aromatic nitrogens is 2. The van der Waals surface area contributed by atoms with Crippen LogP contribution in [0.4, 0.5) is 5.82 Å². The Morgan fingerprint density at radius 2 is 2.26 bits per heavy atom. The lowest BCUT2D eigenvalue weighted by molar-refractivity contribution is 0.135. The van der Waals surface area contributed by atoms with Crippen molar-refractivity contribution in [2.24, 2.45) is 0 Å². The molecule has 1 spiro atoms. The zero-order valence-corrected chi connectivity index (χ0v) is 12.0. The molecule has 0 radical (unpaired) electrons. The van der Waals surface area contributed by atoms with Crippen LogP contribution in [0.1, 0.15) is 50.5 Å². The summed E-state index contributed by atoms with van der Waals surface area (Å²) in [7, 11) is 0. The fourth-order valence-electron chi connectivity index (χ4n) is 3.36. The van der Waals surface area contributed by atoms with Gasteiger partial charge in [-0.25, -0.2) is 9.97 Å². The summed E-state index contributed by atoms with van der Waals surface area (Å²) < 4.78 is 0. The Morgan fingerprint density at radius 3 is 2.95 bits per heavy atom. The van der Waals surface area contributed by atoms with Gasteiger partial charge in [0.2, 0.25) is 0 Å². The highest BCUT2D eigenvalue weighted by molar-refractivity contribution is 5.37. The van der Waals surface area contributed by atoms with E-state index in [-0.39, 0.29) is 0 Å². The van der Waals surface area contributed by atoms with Gasteiger partial charge in [-0.3, -0.25) is 0 Å². The average molecular weight is 260 g/mol. The quantitative estimate of drug-likeness (QED) is 0.876. The first-order valence-electron chi connectivity index (χ1n) is 7.55. The van der Waals surface area contributed by atoms with Gasteiger partial charge in [-0.05, 0) is 52.0 Å². The van der Waals surface area contributed by atoms with E-state index in [4.69, 9.17) is 0 Å². The molecule has 1 aromatic rings. The van der Waals surface area contributed by atoms with Crippen molar-refractivity contribution in [3.05, 3.63) is 17.6 Å².